The molecule has 4 rings (SSSR count). The van der Waals surface area contributed by atoms with Crippen molar-refractivity contribution in [3.8, 4) is 16.2 Å². The quantitative estimate of drug-likeness (QED) is 0.471. The van der Waals surface area contributed by atoms with Gasteiger partial charge in [0.15, 0.2) is 0 Å². The molecule has 33 heavy (non-hydrogen) atoms. The van der Waals surface area contributed by atoms with Crippen LogP contribution in [-0.2, 0) is 10.0 Å². The van der Waals surface area contributed by atoms with Crippen molar-refractivity contribution in [3.63, 3.8) is 0 Å². The van der Waals surface area contributed by atoms with E-state index < -0.39 is 10.0 Å². The average Bonchev–Trinajstić information content (AvgIpc) is 3.19. The van der Waals surface area contributed by atoms with Crippen LogP contribution < -0.4 is 19.7 Å². The van der Waals surface area contributed by atoms with Gasteiger partial charge in [-0.05, 0) is 73.7 Å². The molecule has 0 bridgehead atoms. The summed E-state index contributed by atoms with van der Waals surface area (Å²) in [6, 6.07) is 13.3. The van der Waals surface area contributed by atoms with Crippen LogP contribution in [-0.4, -0.2) is 40.7 Å². The van der Waals surface area contributed by atoms with Gasteiger partial charge in [-0.2, -0.15) is 0 Å². The molecule has 1 aromatic heterocycles. The van der Waals surface area contributed by atoms with E-state index in [-0.39, 0.29) is 9.92 Å². The highest BCUT2D eigenvalue weighted by molar-refractivity contribution is 7.92. The Morgan fingerprint density at radius 3 is 2.45 bits per heavy atom. The van der Waals surface area contributed by atoms with Gasteiger partial charge in [-0.3, -0.25) is 4.72 Å². The number of anilines is 2. The Bertz CT molecular complexity index is 1250. The minimum atomic E-state index is -3.93. The van der Waals surface area contributed by atoms with Crippen molar-refractivity contribution in [1.82, 2.24) is 5.32 Å². The van der Waals surface area contributed by atoms with Gasteiger partial charge in [-0.25, -0.2) is 8.42 Å². The second-order valence-electron chi connectivity index (χ2n) is 8.50. The molecular weight excluding hydrogens is 478 g/mol. The van der Waals surface area contributed by atoms with Crippen molar-refractivity contribution in [2.24, 2.45) is 0 Å². The van der Waals surface area contributed by atoms with Crippen LogP contribution in [0, 0.1) is 6.92 Å². The lowest BCUT2D eigenvalue weighted by Crippen LogP contribution is -2.54. The number of halogens is 1. The summed E-state index contributed by atoms with van der Waals surface area (Å²) in [6.07, 6.45) is 0. The predicted molar refractivity (Wildman–Crippen MR) is 138 cm³/mol. The maximum atomic E-state index is 13.3. The van der Waals surface area contributed by atoms with Crippen molar-refractivity contribution in [3.05, 3.63) is 58.4 Å². The zero-order chi connectivity index (χ0) is 23.8. The monoisotopic (exact) mass is 505 g/mol. The molecule has 0 radical (unpaired) electrons. The molecule has 0 saturated carbocycles. The second-order valence-corrected chi connectivity index (χ2v) is 11.5. The fourth-order valence-electron chi connectivity index (χ4n) is 4.16. The molecule has 2 aromatic carbocycles. The summed E-state index contributed by atoms with van der Waals surface area (Å²) < 4.78 is 34.6. The van der Waals surface area contributed by atoms with Crippen LogP contribution in [0.5, 0.6) is 5.75 Å². The van der Waals surface area contributed by atoms with Crippen LogP contribution in [0.1, 0.15) is 19.4 Å². The number of nitrogens with zero attached hydrogens (tertiary/aromatic N) is 1. The van der Waals surface area contributed by atoms with E-state index in [4.69, 9.17) is 16.3 Å². The maximum absolute atomic E-state index is 13.3. The fourth-order valence-corrected chi connectivity index (χ4v) is 6.67. The van der Waals surface area contributed by atoms with Crippen LogP contribution in [0.2, 0.25) is 5.02 Å². The molecule has 6 nitrogen and oxygen atoms in total. The van der Waals surface area contributed by atoms with Gasteiger partial charge in [0.25, 0.3) is 10.0 Å². The molecule has 0 aliphatic carbocycles. The number of hydrogen-bond acceptors (Lipinski definition) is 6. The zero-order valence-electron chi connectivity index (χ0n) is 19.1. The first-order valence-electron chi connectivity index (χ1n) is 10.7. The third kappa shape index (κ3) is 5.30. The minimum Gasteiger partial charge on any atom is -0.495 e. The number of thiophene rings is 1. The normalized spacial score (nSPS) is 18.9. The maximum Gasteiger partial charge on any atom is 0.263 e. The molecular formula is C24H28ClN3O3S2. The van der Waals surface area contributed by atoms with E-state index in [2.05, 4.69) is 40.2 Å². The van der Waals surface area contributed by atoms with Crippen LogP contribution >= 0.6 is 22.9 Å². The fraction of sp³-hybridized carbons (Fsp3) is 0.333. The van der Waals surface area contributed by atoms with Gasteiger partial charge in [0.1, 0.15) is 10.6 Å². The molecule has 0 spiro atoms. The number of piperazine rings is 1. The summed E-state index contributed by atoms with van der Waals surface area (Å²) in [5.41, 5.74) is 3.36. The molecule has 1 fully saturated rings. The lowest BCUT2D eigenvalue weighted by Gasteiger charge is -2.38. The Morgan fingerprint density at radius 2 is 1.85 bits per heavy atom. The summed E-state index contributed by atoms with van der Waals surface area (Å²) in [4.78, 5) is 3.31. The molecule has 2 unspecified atom stereocenters. The van der Waals surface area contributed by atoms with Crippen molar-refractivity contribution in [2.75, 3.05) is 29.8 Å². The number of aryl methyl sites for hydroxylation is 1. The van der Waals surface area contributed by atoms with Gasteiger partial charge in [0, 0.05) is 35.7 Å². The topological polar surface area (TPSA) is 70.7 Å². The molecule has 2 N–H and O–H groups in total. The van der Waals surface area contributed by atoms with Crippen molar-refractivity contribution < 1.29 is 13.2 Å². The number of nitrogens with one attached hydrogen (secondary N) is 2. The summed E-state index contributed by atoms with van der Waals surface area (Å²) in [5.74, 6) is 0.445. The standard InChI is InChI=1S/C24H28ClN3O3S2/c1-15-9-23(32-14-15)18-5-8-24(20(25)10-18)33(29,30)27-21-11-19(6-7-22(21)31-4)28-12-16(2)26-17(3)13-28/h5-11,14,16-17,26-27H,12-13H2,1-4H3. The molecule has 3 aromatic rings. The van der Waals surface area contributed by atoms with Gasteiger partial charge in [0.2, 0.25) is 0 Å². The van der Waals surface area contributed by atoms with E-state index >= 15 is 0 Å². The molecule has 2 heterocycles. The molecule has 1 saturated heterocycles. The number of ether oxygens (including phenoxy) is 1. The Hall–Kier alpha value is -2.26. The second kappa shape index (κ2) is 9.54. The van der Waals surface area contributed by atoms with Crippen LogP contribution in [0.4, 0.5) is 11.4 Å². The number of hydrogen-bond donors (Lipinski definition) is 2. The first-order valence-corrected chi connectivity index (χ1v) is 13.5. The predicted octanol–water partition coefficient (Wildman–Crippen LogP) is 5.37. The Labute approximate surface area is 204 Å². The molecule has 176 valence electrons. The van der Waals surface area contributed by atoms with E-state index in [9.17, 15) is 8.42 Å². The first kappa shape index (κ1) is 23.9. The molecule has 9 heteroatoms. The lowest BCUT2D eigenvalue weighted by atomic mass is 10.1. The van der Waals surface area contributed by atoms with Gasteiger partial charge >= 0.3 is 0 Å². The molecule has 2 atom stereocenters. The average molecular weight is 506 g/mol. The Morgan fingerprint density at radius 1 is 1.12 bits per heavy atom. The molecule has 1 aliphatic heterocycles. The highest BCUT2D eigenvalue weighted by Gasteiger charge is 2.24. The number of sulfonamides is 1. The molecule has 1 aliphatic rings. The van der Waals surface area contributed by atoms with Gasteiger partial charge in [0.05, 0.1) is 17.8 Å². The van der Waals surface area contributed by atoms with E-state index in [1.54, 1.807) is 35.6 Å². The smallest absolute Gasteiger partial charge is 0.263 e. The summed E-state index contributed by atoms with van der Waals surface area (Å²) in [5, 5.41) is 5.73. The first-order chi connectivity index (χ1) is 15.7. The van der Waals surface area contributed by atoms with Crippen LogP contribution in [0.15, 0.2) is 52.7 Å². The summed E-state index contributed by atoms with van der Waals surface area (Å²) in [7, 11) is -2.41. The van der Waals surface area contributed by atoms with E-state index in [1.165, 1.54) is 7.11 Å². The summed E-state index contributed by atoms with van der Waals surface area (Å²) >= 11 is 8.03. The highest BCUT2D eigenvalue weighted by atomic mass is 35.5. The summed E-state index contributed by atoms with van der Waals surface area (Å²) in [6.45, 7) is 7.96. The zero-order valence-corrected chi connectivity index (χ0v) is 21.4. The third-order valence-corrected chi connectivity index (χ3v) is 8.53. The van der Waals surface area contributed by atoms with Crippen molar-refractivity contribution in [2.45, 2.75) is 37.8 Å². The Balaban J connectivity index is 1.63. The van der Waals surface area contributed by atoms with Gasteiger partial charge in [-0.15, -0.1) is 11.3 Å². The van der Waals surface area contributed by atoms with Crippen molar-refractivity contribution in [1.29, 1.82) is 0 Å². The van der Waals surface area contributed by atoms with Crippen LogP contribution in [0.3, 0.4) is 0 Å². The third-order valence-electron chi connectivity index (χ3n) is 5.59. The van der Waals surface area contributed by atoms with Crippen LogP contribution in [0.25, 0.3) is 10.4 Å². The number of benzene rings is 2. The number of rotatable bonds is 6. The van der Waals surface area contributed by atoms with E-state index in [0.717, 1.165) is 34.8 Å². The Kier molecular flexibility index (Phi) is 6.91. The van der Waals surface area contributed by atoms with Crippen molar-refractivity contribution >= 4 is 44.3 Å². The number of methoxy groups -OCH3 is 1. The largest absolute Gasteiger partial charge is 0.495 e. The minimum absolute atomic E-state index is 0.0260. The van der Waals surface area contributed by atoms with E-state index in [1.807, 2.05) is 19.1 Å². The molecule has 0 amide bonds. The SMILES string of the molecule is COc1ccc(N2CC(C)NC(C)C2)cc1NS(=O)(=O)c1ccc(-c2cc(C)cs2)cc1Cl. The lowest BCUT2D eigenvalue weighted by molar-refractivity contribution is 0.406. The highest BCUT2D eigenvalue weighted by Crippen LogP contribution is 2.35. The van der Waals surface area contributed by atoms with Gasteiger partial charge < -0.3 is 15.0 Å². The van der Waals surface area contributed by atoms with E-state index in [0.29, 0.717) is 23.5 Å². The van der Waals surface area contributed by atoms with Gasteiger partial charge in [-0.1, -0.05) is 17.7 Å².